The van der Waals surface area contributed by atoms with Gasteiger partial charge in [-0.05, 0) is 65.3 Å². The fourth-order valence-electron chi connectivity index (χ4n) is 4.90. The van der Waals surface area contributed by atoms with E-state index in [2.05, 4.69) is 34.1 Å². The van der Waals surface area contributed by atoms with Crippen LogP contribution in [0.1, 0.15) is 58.6 Å². The first kappa shape index (κ1) is 31.9. The molecule has 0 unspecified atom stereocenters. The van der Waals surface area contributed by atoms with E-state index in [0.717, 1.165) is 17.5 Å². The topological polar surface area (TPSA) is 106 Å². The molecule has 9 heteroatoms. The van der Waals surface area contributed by atoms with Crippen LogP contribution >= 0.6 is 0 Å². The van der Waals surface area contributed by atoms with Gasteiger partial charge in [-0.3, -0.25) is 14.5 Å². The van der Waals surface area contributed by atoms with Crippen molar-refractivity contribution < 1.29 is 28.6 Å². The lowest BCUT2D eigenvalue weighted by Crippen LogP contribution is -2.54. The van der Waals surface area contributed by atoms with E-state index in [4.69, 9.17) is 9.47 Å². The molecular formula is C32H45N3O6. The van der Waals surface area contributed by atoms with Crippen molar-refractivity contribution in [2.75, 3.05) is 32.7 Å². The van der Waals surface area contributed by atoms with E-state index in [1.54, 1.807) is 7.11 Å². The van der Waals surface area contributed by atoms with Gasteiger partial charge in [0.1, 0.15) is 11.5 Å². The molecule has 1 heterocycles. The Hall–Kier alpha value is -3.59. The number of anilines is 1. The van der Waals surface area contributed by atoms with Gasteiger partial charge in [0.25, 0.3) is 0 Å². The van der Waals surface area contributed by atoms with Gasteiger partial charge < -0.3 is 24.8 Å². The summed E-state index contributed by atoms with van der Waals surface area (Å²) in [4.78, 5) is 40.4. The number of ether oxygens (including phenoxy) is 3. The Morgan fingerprint density at radius 2 is 1.71 bits per heavy atom. The minimum absolute atomic E-state index is 0.0120. The highest BCUT2D eigenvalue weighted by Gasteiger charge is 2.35. The fraction of sp³-hybridized carbons (Fsp3) is 0.531. The first-order valence-electron chi connectivity index (χ1n) is 14.2. The molecule has 9 nitrogen and oxygen atoms in total. The van der Waals surface area contributed by atoms with Crippen molar-refractivity contribution >= 4 is 23.5 Å². The number of nitrogens with one attached hydrogen (secondary N) is 2. The maximum absolute atomic E-state index is 13.7. The quantitative estimate of drug-likeness (QED) is 0.362. The number of rotatable bonds is 12. The van der Waals surface area contributed by atoms with Crippen molar-refractivity contribution in [3.05, 3.63) is 53.6 Å². The van der Waals surface area contributed by atoms with Crippen molar-refractivity contribution in [1.82, 2.24) is 10.2 Å². The number of fused-ring (bicyclic) bond motifs is 1. The third kappa shape index (κ3) is 9.49. The molecule has 0 aliphatic carbocycles. The highest BCUT2D eigenvalue weighted by molar-refractivity contribution is 5.95. The van der Waals surface area contributed by atoms with E-state index in [1.807, 2.05) is 63.2 Å². The van der Waals surface area contributed by atoms with Crippen LogP contribution in [-0.2, 0) is 32.1 Å². The maximum atomic E-state index is 13.7. The molecule has 0 saturated heterocycles. The van der Waals surface area contributed by atoms with Gasteiger partial charge >= 0.3 is 5.97 Å². The standard InChI is InChI=1S/C32H45N3O6/c1-8-21(2)27(34-29(36)17-32(3,4)5)19-35-18-23-15-26(41-20-30(37)40-7)12-9-22(23)16-28(35)31(38)33-24-10-13-25(39-6)14-11-24/h9-15,21,27-28H,8,16-20H2,1-7H3,(H,33,38)(H,34,36)/t21-,27+,28-/m0/s1. The van der Waals surface area contributed by atoms with Gasteiger partial charge in [-0.15, -0.1) is 0 Å². The Bertz CT molecular complexity index is 1190. The third-order valence-electron chi connectivity index (χ3n) is 7.45. The zero-order valence-corrected chi connectivity index (χ0v) is 25.4. The summed E-state index contributed by atoms with van der Waals surface area (Å²) in [5, 5.41) is 6.33. The normalized spacial score (nSPS) is 16.6. The first-order chi connectivity index (χ1) is 19.4. The molecule has 3 rings (SSSR count). The van der Waals surface area contributed by atoms with E-state index >= 15 is 0 Å². The monoisotopic (exact) mass is 567 g/mol. The lowest BCUT2D eigenvalue weighted by Gasteiger charge is -2.39. The summed E-state index contributed by atoms with van der Waals surface area (Å²) in [5.74, 6) is 0.923. The summed E-state index contributed by atoms with van der Waals surface area (Å²) in [6.45, 7) is 11.2. The Kier molecular flexibility index (Phi) is 11.2. The molecule has 2 aromatic rings. The molecule has 0 fully saturated rings. The number of hydrogen-bond acceptors (Lipinski definition) is 7. The number of esters is 1. The van der Waals surface area contributed by atoms with Crippen LogP contribution in [-0.4, -0.2) is 62.1 Å². The van der Waals surface area contributed by atoms with Crippen LogP contribution in [0.3, 0.4) is 0 Å². The lowest BCUT2D eigenvalue weighted by atomic mass is 9.89. The Labute approximate surface area is 243 Å². The van der Waals surface area contributed by atoms with Crippen molar-refractivity contribution in [1.29, 1.82) is 0 Å². The summed E-state index contributed by atoms with van der Waals surface area (Å²) in [7, 11) is 2.92. The Morgan fingerprint density at radius 1 is 1.02 bits per heavy atom. The molecule has 0 spiro atoms. The highest BCUT2D eigenvalue weighted by atomic mass is 16.6. The number of hydrogen-bond donors (Lipinski definition) is 2. The molecule has 2 aromatic carbocycles. The number of amides is 2. The van der Waals surface area contributed by atoms with Crippen LogP contribution in [0.5, 0.6) is 11.5 Å². The second kappa shape index (κ2) is 14.3. The Morgan fingerprint density at radius 3 is 2.32 bits per heavy atom. The van der Waals surface area contributed by atoms with Crippen molar-refractivity contribution in [2.24, 2.45) is 11.3 Å². The van der Waals surface area contributed by atoms with Crippen molar-refractivity contribution in [3.8, 4) is 11.5 Å². The predicted molar refractivity (Wildman–Crippen MR) is 159 cm³/mol. The van der Waals surface area contributed by atoms with Gasteiger partial charge in [0, 0.05) is 31.2 Å². The van der Waals surface area contributed by atoms with E-state index in [9.17, 15) is 14.4 Å². The number of carbonyl (C=O) groups is 3. The minimum atomic E-state index is -0.456. The van der Waals surface area contributed by atoms with E-state index in [1.165, 1.54) is 7.11 Å². The molecule has 1 aliphatic rings. The van der Waals surface area contributed by atoms with Gasteiger partial charge in [-0.1, -0.05) is 47.1 Å². The molecule has 2 amide bonds. The number of benzene rings is 2. The molecule has 0 bridgehead atoms. The molecule has 3 atom stereocenters. The second-order valence-corrected chi connectivity index (χ2v) is 12.0. The first-order valence-corrected chi connectivity index (χ1v) is 14.2. The molecule has 2 N–H and O–H groups in total. The predicted octanol–water partition coefficient (Wildman–Crippen LogP) is 4.58. The molecule has 224 valence electrons. The summed E-state index contributed by atoms with van der Waals surface area (Å²) < 4.78 is 15.6. The molecule has 0 radical (unpaired) electrons. The minimum Gasteiger partial charge on any atom is -0.497 e. The zero-order valence-electron chi connectivity index (χ0n) is 25.4. The molecule has 1 aliphatic heterocycles. The van der Waals surface area contributed by atoms with Crippen LogP contribution in [0.2, 0.25) is 0 Å². The van der Waals surface area contributed by atoms with Gasteiger partial charge in [0.15, 0.2) is 6.61 Å². The van der Waals surface area contributed by atoms with Crippen molar-refractivity contribution in [3.63, 3.8) is 0 Å². The summed E-state index contributed by atoms with van der Waals surface area (Å²) >= 11 is 0. The summed E-state index contributed by atoms with van der Waals surface area (Å²) in [6.07, 6.45) is 1.81. The largest absolute Gasteiger partial charge is 0.497 e. The van der Waals surface area contributed by atoms with Crippen LogP contribution in [0.15, 0.2) is 42.5 Å². The van der Waals surface area contributed by atoms with Gasteiger partial charge in [-0.2, -0.15) is 0 Å². The van der Waals surface area contributed by atoms with Gasteiger partial charge in [0.2, 0.25) is 11.8 Å². The summed E-state index contributed by atoms with van der Waals surface area (Å²) in [6, 6.07) is 12.3. The summed E-state index contributed by atoms with van der Waals surface area (Å²) in [5.41, 5.74) is 2.61. The highest BCUT2D eigenvalue weighted by Crippen LogP contribution is 2.29. The molecule has 41 heavy (non-hydrogen) atoms. The van der Waals surface area contributed by atoms with Crippen LogP contribution < -0.4 is 20.1 Å². The average Bonchev–Trinajstić information content (AvgIpc) is 2.93. The maximum Gasteiger partial charge on any atom is 0.343 e. The molecule has 0 aromatic heterocycles. The van der Waals surface area contributed by atoms with E-state index in [0.29, 0.717) is 43.1 Å². The number of nitrogens with zero attached hydrogens (tertiary/aromatic N) is 1. The fourth-order valence-corrected chi connectivity index (χ4v) is 4.90. The SMILES string of the molecule is CC[C@H](C)[C@@H](CN1Cc2cc(OCC(=O)OC)ccc2C[C@H]1C(=O)Nc1ccc(OC)cc1)NC(=O)CC(C)(C)C. The second-order valence-electron chi connectivity index (χ2n) is 12.0. The number of carbonyl (C=O) groups excluding carboxylic acids is 3. The van der Waals surface area contributed by atoms with Crippen LogP contribution in [0.25, 0.3) is 0 Å². The van der Waals surface area contributed by atoms with Gasteiger partial charge in [0.05, 0.1) is 20.3 Å². The van der Waals surface area contributed by atoms with Crippen molar-refractivity contribution in [2.45, 2.75) is 72.5 Å². The smallest absolute Gasteiger partial charge is 0.343 e. The van der Waals surface area contributed by atoms with Crippen LogP contribution in [0.4, 0.5) is 5.69 Å². The average molecular weight is 568 g/mol. The zero-order chi connectivity index (χ0) is 30.2. The third-order valence-corrected chi connectivity index (χ3v) is 7.45. The Balaban J connectivity index is 1.87. The lowest BCUT2D eigenvalue weighted by molar-refractivity contribution is -0.143. The van der Waals surface area contributed by atoms with E-state index < -0.39 is 12.0 Å². The van der Waals surface area contributed by atoms with E-state index in [-0.39, 0.29) is 35.8 Å². The van der Waals surface area contributed by atoms with Crippen LogP contribution in [0, 0.1) is 11.3 Å². The van der Waals surface area contributed by atoms with Gasteiger partial charge in [-0.25, -0.2) is 4.79 Å². The molecular weight excluding hydrogens is 522 g/mol. The number of methoxy groups -OCH3 is 2. The molecule has 0 saturated carbocycles.